The van der Waals surface area contributed by atoms with E-state index in [9.17, 15) is 24.8 Å². The molecule has 0 saturated carbocycles. The van der Waals surface area contributed by atoms with Crippen LogP contribution in [-0.4, -0.2) is 45.9 Å². The third-order valence-electron chi connectivity index (χ3n) is 4.07. The highest BCUT2D eigenvalue weighted by molar-refractivity contribution is 5.99. The Labute approximate surface area is 139 Å². The van der Waals surface area contributed by atoms with Crippen LogP contribution in [0.15, 0.2) is 18.2 Å². The summed E-state index contributed by atoms with van der Waals surface area (Å²) in [6, 6.07) is 3.19. The zero-order valence-corrected chi connectivity index (χ0v) is 13.7. The Morgan fingerprint density at radius 2 is 1.92 bits per heavy atom. The molecule has 0 aromatic heterocycles. The lowest BCUT2D eigenvalue weighted by Crippen LogP contribution is -2.34. The van der Waals surface area contributed by atoms with E-state index in [-0.39, 0.29) is 23.1 Å². The molecule has 2 N–H and O–H groups in total. The van der Waals surface area contributed by atoms with Crippen LogP contribution >= 0.6 is 0 Å². The van der Waals surface area contributed by atoms with E-state index in [0.29, 0.717) is 18.8 Å². The number of nitrogens with one attached hydrogen (secondary N) is 1. The Morgan fingerprint density at radius 3 is 2.42 bits per heavy atom. The minimum absolute atomic E-state index is 0.0141. The lowest BCUT2D eigenvalue weighted by Gasteiger charge is -2.20. The number of carboxylic acid groups (broad SMARTS) is 1. The summed E-state index contributed by atoms with van der Waals surface area (Å²) in [6.45, 7) is 4.68. The van der Waals surface area contributed by atoms with Gasteiger partial charge in [-0.05, 0) is 30.9 Å². The molecule has 0 radical (unpaired) electrons. The minimum Gasteiger partial charge on any atom is -0.480 e. The molecule has 24 heavy (non-hydrogen) atoms. The number of nitro benzene ring substituents is 1. The van der Waals surface area contributed by atoms with E-state index in [2.05, 4.69) is 5.32 Å². The van der Waals surface area contributed by atoms with Gasteiger partial charge in [-0.15, -0.1) is 0 Å². The fourth-order valence-corrected chi connectivity index (χ4v) is 2.74. The number of carboxylic acids is 1. The molecule has 0 bridgehead atoms. The standard InChI is InChI=1S/C16H21N3O5/c1-10(2)14(16(21)22)17-11-5-6-13(19(23)24)12(9-11)15(20)18-7-3-4-8-18/h5-6,9-10,14,17H,3-4,7-8H2,1-2H3,(H,21,22)/t14-/m1/s1. The average molecular weight is 335 g/mol. The molecule has 2 rings (SSSR count). The van der Waals surface area contributed by atoms with Crippen LogP contribution in [-0.2, 0) is 4.79 Å². The molecule has 0 aliphatic carbocycles. The van der Waals surface area contributed by atoms with Crippen LogP contribution in [0.3, 0.4) is 0 Å². The van der Waals surface area contributed by atoms with Crippen molar-refractivity contribution in [2.75, 3.05) is 18.4 Å². The Kier molecular flexibility index (Phi) is 5.38. The lowest BCUT2D eigenvalue weighted by molar-refractivity contribution is -0.385. The quantitative estimate of drug-likeness (QED) is 0.609. The van der Waals surface area contributed by atoms with E-state index in [0.717, 1.165) is 12.8 Å². The van der Waals surface area contributed by atoms with Gasteiger partial charge >= 0.3 is 5.97 Å². The fourth-order valence-electron chi connectivity index (χ4n) is 2.74. The largest absolute Gasteiger partial charge is 0.480 e. The van der Waals surface area contributed by atoms with Gasteiger partial charge in [-0.25, -0.2) is 4.79 Å². The topological polar surface area (TPSA) is 113 Å². The van der Waals surface area contributed by atoms with Crippen LogP contribution in [0, 0.1) is 16.0 Å². The molecule has 1 amide bonds. The maximum atomic E-state index is 12.6. The molecular formula is C16H21N3O5. The molecule has 1 heterocycles. The maximum absolute atomic E-state index is 12.6. The summed E-state index contributed by atoms with van der Waals surface area (Å²) in [6.07, 6.45) is 1.76. The highest BCUT2D eigenvalue weighted by atomic mass is 16.6. The monoisotopic (exact) mass is 335 g/mol. The number of carbonyl (C=O) groups excluding carboxylic acids is 1. The minimum atomic E-state index is -1.02. The summed E-state index contributed by atoms with van der Waals surface area (Å²) >= 11 is 0. The van der Waals surface area contributed by atoms with E-state index in [1.54, 1.807) is 18.7 Å². The lowest BCUT2D eigenvalue weighted by atomic mass is 10.0. The first-order chi connectivity index (χ1) is 11.3. The maximum Gasteiger partial charge on any atom is 0.326 e. The Balaban J connectivity index is 2.35. The fraction of sp³-hybridized carbons (Fsp3) is 0.500. The van der Waals surface area contributed by atoms with Gasteiger partial charge in [0, 0.05) is 24.8 Å². The number of anilines is 1. The number of hydrogen-bond donors (Lipinski definition) is 2. The second-order valence-electron chi connectivity index (χ2n) is 6.19. The number of amides is 1. The van der Waals surface area contributed by atoms with Crippen molar-refractivity contribution in [3.8, 4) is 0 Å². The van der Waals surface area contributed by atoms with E-state index in [1.807, 2.05) is 0 Å². The SMILES string of the molecule is CC(C)[C@@H](Nc1ccc([N+](=O)[O-])c(C(=O)N2CCCC2)c1)C(=O)O. The summed E-state index contributed by atoms with van der Waals surface area (Å²) in [5.41, 5.74) is 0.0953. The van der Waals surface area contributed by atoms with Crippen molar-refractivity contribution in [3.63, 3.8) is 0 Å². The number of hydrogen-bond acceptors (Lipinski definition) is 5. The Morgan fingerprint density at radius 1 is 1.29 bits per heavy atom. The molecule has 8 nitrogen and oxygen atoms in total. The summed E-state index contributed by atoms with van der Waals surface area (Å²) in [4.78, 5) is 36.1. The van der Waals surface area contributed by atoms with Gasteiger partial charge < -0.3 is 15.3 Å². The number of nitro groups is 1. The van der Waals surface area contributed by atoms with Gasteiger partial charge in [0.2, 0.25) is 0 Å². The molecule has 0 unspecified atom stereocenters. The number of nitrogens with zero attached hydrogens (tertiary/aromatic N) is 2. The molecule has 1 aliphatic heterocycles. The van der Waals surface area contributed by atoms with Gasteiger partial charge in [0.25, 0.3) is 11.6 Å². The van der Waals surface area contributed by atoms with Gasteiger partial charge in [0.15, 0.2) is 0 Å². The van der Waals surface area contributed by atoms with E-state index in [4.69, 9.17) is 0 Å². The Bertz CT molecular complexity index is 653. The van der Waals surface area contributed by atoms with Crippen LogP contribution in [0.4, 0.5) is 11.4 Å². The molecule has 8 heteroatoms. The molecule has 0 spiro atoms. The molecule has 1 atom stereocenters. The average Bonchev–Trinajstić information content (AvgIpc) is 3.05. The number of aliphatic carboxylic acids is 1. The van der Waals surface area contributed by atoms with Crippen molar-refractivity contribution in [2.24, 2.45) is 5.92 Å². The van der Waals surface area contributed by atoms with Crippen LogP contribution in [0.25, 0.3) is 0 Å². The van der Waals surface area contributed by atoms with Crippen LogP contribution in [0.1, 0.15) is 37.0 Å². The number of benzene rings is 1. The highest BCUT2D eigenvalue weighted by Gasteiger charge is 2.28. The second kappa shape index (κ2) is 7.29. The van der Waals surface area contributed by atoms with Crippen LogP contribution in [0.5, 0.6) is 0 Å². The van der Waals surface area contributed by atoms with E-state index >= 15 is 0 Å². The molecular weight excluding hydrogens is 314 g/mol. The molecule has 1 aromatic carbocycles. The van der Waals surface area contributed by atoms with Crippen molar-refractivity contribution in [1.82, 2.24) is 4.90 Å². The van der Waals surface area contributed by atoms with E-state index in [1.165, 1.54) is 18.2 Å². The number of carbonyl (C=O) groups is 2. The van der Waals surface area contributed by atoms with Crippen molar-refractivity contribution in [2.45, 2.75) is 32.7 Å². The number of likely N-dealkylation sites (tertiary alicyclic amines) is 1. The first-order valence-electron chi connectivity index (χ1n) is 7.88. The second-order valence-corrected chi connectivity index (χ2v) is 6.19. The molecule has 1 saturated heterocycles. The van der Waals surface area contributed by atoms with E-state index < -0.39 is 16.9 Å². The van der Waals surface area contributed by atoms with Crippen LogP contribution < -0.4 is 5.32 Å². The van der Waals surface area contributed by atoms with Crippen LogP contribution in [0.2, 0.25) is 0 Å². The number of rotatable bonds is 6. The molecule has 1 fully saturated rings. The zero-order chi connectivity index (χ0) is 17.9. The molecule has 1 aliphatic rings. The zero-order valence-electron chi connectivity index (χ0n) is 13.7. The molecule has 1 aromatic rings. The summed E-state index contributed by atoms with van der Waals surface area (Å²) < 4.78 is 0. The van der Waals surface area contributed by atoms with Crippen molar-refractivity contribution < 1.29 is 19.6 Å². The van der Waals surface area contributed by atoms with Gasteiger partial charge in [0.1, 0.15) is 11.6 Å². The smallest absolute Gasteiger partial charge is 0.326 e. The van der Waals surface area contributed by atoms with Gasteiger partial charge in [0.05, 0.1) is 4.92 Å². The summed E-state index contributed by atoms with van der Waals surface area (Å²) in [7, 11) is 0. The van der Waals surface area contributed by atoms with Crippen molar-refractivity contribution in [1.29, 1.82) is 0 Å². The van der Waals surface area contributed by atoms with Gasteiger partial charge in [-0.2, -0.15) is 0 Å². The summed E-state index contributed by atoms with van der Waals surface area (Å²) in [5, 5.41) is 23.3. The van der Waals surface area contributed by atoms with Crippen molar-refractivity contribution in [3.05, 3.63) is 33.9 Å². The predicted molar refractivity (Wildman–Crippen MR) is 88.1 cm³/mol. The van der Waals surface area contributed by atoms with Crippen molar-refractivity contribution >= 4 is 23.3 Å². The third-order valence-corrected chi connectivity index (χ3v) is 4.07. The normalized spacial score (nSPS) is 15.4. The third kappa shape index (κ3) is 3.81. The molecule has 130 valence electrons. The van der Waals surface area contributed by atoms with Gasteiger partial charge in [-0.1, -0.05) is 13.8 Å². The predicted octanol–water partition coefficient (Wildman–Crippen LogP) is 2.35. The highest BCUT2D eigenvalue weighted by Crippen LogP contribution is 2.26. The Hall–Kier alpha value is -2.64. The van der Waals surface area contributed by atoms with Gasteiger partial charge in [-0.3, -0.25) is 14.9 Å². The first kappa shape index (κ1) is 17.7. The summed E-state index contributed by atoms with van der Waals surface area (Å²) in [5.74, 6) is -1.59. The first-order valence-corrected chi connectivity index (χ1v) is 7.88.